The molecule has 10 heteroatoms. The maximum atomic E-state index is 6.09. The average molecular weight is 439 g/mol. The van der Waals surface area contributed by atoms with E-state index in [1.165, 1.54) is 18.1 Å². The Morgan fingerprint density at radius 2 is 2.06 bits per heavy atom. The van der Waals surface area contributed by atoms with Crippen LogP contribution in [0.1, 0.15) is 13.3 Å². The number of furan rings is 1. The van der Waals surface area contributed by atoms with Crippen molar-refractivity contribution in [3.8, 4) is 22.8 Å². The molecule has 0 spiro atoms. The van der Waals surface area contributed by atoms with E-state index >= 15 is 0 Å². The first kappa shape index (κ1) is 19.7. The van der Waals surface area contributed by atoms with Gasteiger partial charge in [0.05, 0.1) is 6.26 Å². The highest BCUT2D eigenvalue weighted by Gasteiger charge is 2.23. The first-order valence-electron chi connectivity index (χ1n) is 10.1. The van der Waals surface area contributed by atoms with Crippen molar-refractivity contribution in [3.05, 3.63) is 36.9 Å². The van der Waals surface area contributed by atoms with Gasteiger partial charge in [-0.05, 0) is 37.2 Å². The number of anilines is 1. The number of benzene rings is 1. The Hall–Kier alpha value is -3.24. The van der Waals surface area contributed by atoms with Gasteiger partial charge < -0.3 is 29.5 Å². The van der Waals surface area contributed by atoms with Crippen LogP contribution >= 0.6 is 11.8 Å². The summed E-state index contributed by atoms with van der Waals surface area (Å²) in [5, 5.41) is 4.20. The minimum Gasteiger partial charge on any atom is -0.464 e. The summed E-state index contributed by atoms with van der Waals surface area (Å²) in [5.41, 5.74) is 8.30. The van der Waals surface area contributed by atoms with Crippen molar-refractivity contribution in [2.45, 2.75) is 29.9 Å². The van der Waals surface area contributed by atoms with Crippen LogP contribution < -0.4 is 20.5 Å². The van der Waals surface area contributed by atoms with E-state index < -0.39 is 0 Å². The summed E-state index contributed by atoms with van der Waals surface area (Å²) in [5.74, 6) is 2.50. The van der Waals surface area contributed by atoms with E-state index in [9.17, 15) is 0 Å². The molecule has 1 aliphatic rings. The highest BCUT2D eigenvalue weighted by Crippen LogP contribution is 2.45. The number of hydrogen-bond acceptors (Lipinski definition) is 9. The fourth-order valence-electron chi connectivity index (χ4n) is 3.44. The maximum Gasteiger partial charge on any atom is 0.231 e. The van der Waals surface area contributed by atoms with Crippen LogP contribution in [0.2, 0.25) is 0 Å². The fraction of sp³-hybridized carbons (Fsp3) is 0.286. The van der Waals surface area contributed by atoms with Gasteiger partial charge in [-0.25, -0.2) is 15.0 Å². The zero-order chi connectivity index (χ0) is 21.2. The largest absolute Gasteiger partial charge is 0.464 e. The predicted octanol–water partition coefficient (Wildman–Crippen LogP) is 3.55. The van der Waals surface area contributed by atoms with E-state index in [4.69, 9.17) is 24.6 Å². The zero-order valence-corrected chi connectivity index (χ0v) is 17.8. The van der Waals surface area contributed by atoms with Crippen LogP contribution in [0.15, 0.2) is 51.3 Å². The Kier molecular flexibility index (Phi) is 5.39. The molecule has 4 aromatic rings. The molecule has 1 aliphatic heterocycles. The van der Waals surface area contributed by atoms with Crippen LogP contribution in [-0.2, 0) is 6.54 Å². The number of aromatic nitrogens is 4. The molecule has 4 heterocycles. The van der Waals surface area contributed by atoms with Crippen molar-refractivity contribution < 1.29 is 13.9 Å². The number of nitrogen functional groups attached to an aromatic ring is 1. The molecule has 0 unspecified atom stereocenters. The monoisotopic (exact) mass is 438 g/mol. The molecule has 3 N–H and O–H groups in total. The molecule has 9 nitrogen and oxygen atoms in total. The Morgan fingerprint density at radius 1 is 1.19 bits per heavy atom. The fourth-order valence-corrected chi connectivity index (χ4v) is 4.49. The van der Waals surface area contributed by atoms with E-state index in [2.05, 4.69) is 26.8 Å². The molecule has 0 atom stereocenters. The van der Waals surface area contributed by atoms with Gasteiger partial charge in [-0.2, -0.15) is 0 Å². The number of nitrogens with one attached hydrogen (secondary N) is 1. The van der Waals surface area contributed by atoms with Crippen LogP contribution in [0.25, 0.3) is 22.5 Å². The molecular weight excluding hydrogens is 416 g/mol. The molecule has 0 radical (unpaired) electrons. The van der Waals surface area contributed by atoms with Gasteiger partial charge in [-0.15, -0.1) is 0 Å². The van der Waals surface area contributed by atoms with Crippen LogP contribution in [-0.4, -0.2) is 39.4 Å². The third-order valence-corrected chi connectivity index (χ3v) is 5.98. The summed E-state index contributed by atoms with van der Waals surface area (Å²) in [6.07, 6.45) is 4.20. The molecule has 0 fully saturated rings. The number of hydrogen-bond donors (Lipinski definition) is 2. The van der Waals surface area contributed by atoms with E-state index in [1.807, 2.05) is 24.3 Å². The van der Waals surface area contributed by atoms with Crippen LogP contribution in [0.3, 0.4) is 0 Å². The summed E-state index contributed by atoms with van der Waals surface area (Å²) in [6, 6.07) is 7.67. The predicted molar refractivity (Wildman–Crippen MR) is 117 cm³/mol. The van der Waals surface area contributed by atoms with Gasteiger partial charge in [0, 0.05) is 23.5 Å². The third kappa shape index (κ3) is 3.79. The molecule has 0 bridgehead atoms. The first-order valence-corrected chi connectivity index (χ1v) is 10.9. The van der Waals surface area contributed by atoms with E-state index in [0.29, 0.717) is 35.0 Å². The smallest absolute Gasteiger partial charge is 0.231 e. The highest BCUT2D eigenvalue weighted by atomic mass is 32.2. The number of nitrogens with two attached hydrogens (primary N) is 1. The highest BCUT2D eigenvalue weighted by molar-refractivity contribution is 7.99. The minimum absolute atomic E-state index is 0.203. The maximum absolute atomic E-state index is 6.09. The normalized spacial score (nSPS) is 12.7. The van der Waals surface area contributed by atoms with Crippen LogP contribution in [0.4, 0.5) is 5.82 Å². The Bertz CT molecular complexity index is 1210. The van der Waals surface area contributed by atoms with Gasteiger partial charge in [0.2, 0.25) is 6.79 Å². The Balaban J connectivity index is 1.57. The van der Waals surface area contributed by atoms with Gasteiger partial charge in [0.25, 0.3) is 0 Å². The number of nitrogens with zero attached hydrogens (tertiary/aromatic N) is 4. The molecule has 0 saturated carbocycles. The topological polar surface area (TPSA) is 113 Å². The first-order chi connectivity index (χ1) is 15.2. The second kappa shape index (κ2) is 8.48. The van der Waals surface area contributed by atoms with Gasteiger partial charge in [-0.3, -0.25) is 0 Å². The lowest BCUT2D eigenvalue weighted by Crippen LogP contribution is -2.21. The quantitative estimate of drug-likeness (QED) is 0.399. The third-order valence-electron chi connectivity index (χ3n) is 4.93. The SMILES string of the molecule is CCCNCCn1c(Sc2cc3c(cc2-c2ccco2)OCO3)nc2c(N)ncnc21. The van der Waals surface area contributed by atoms with Gasteiger partial charge in [0.1, 0.15) is 12.1 Å². The number of rotatable bonds is 8. The lowest BCUT2D eigenvalue weighted by molar-refractivity contribution is 0.174. The van der Waals surface area contributed by atoms with Crippen molar-refractivity contribution in [1.82, 2.24) is 24.8 Å². The van der Waals surface area contributed by atoms with Crippen LogP contribution in [0.5, 0.6) is 11.5 Å². The molecule has 0 aliphatic carbocycles. The minimum atomic E-state index is 0.203. The second-order valence-corrected chi connectivity index (χ2v) is 8.02. The lowest BCUT2D eigenvalue weighted by atomic mass is 10.1. The Morgan fingerprint density at radius 3 is 2.87 bits per heavy atom. The molecule has 5 rings (SSSR count). The molecule has 0 amide bonds. The second-order valence-electron chi connectivity index (χ2n) is 7.01. The Labute approximate surface area is 183 Å². The van der Waals surface area contributed by atoms with Gasteiger partial charge in [0.15, 0.2) is 33.6 Å². The van der Waals surface area contributed by atoms with Crippen molar-refractivity contribution >= 4 is 28.7 Å². The van der Waals surface area contributed by atoms with Crippen LogP contribution in [0, 0.1) is 0 Å². The zero-order valence-electron chi connectivity index (χ0n) is 17.0. The standard InChI is InChI=1S/C21H22N6O3S/c1-2-5-23-6-7-27-20-18(19(22)24-11-25-20)26-21(27)31-17-10-16-15(29-12-30-16)9-13(17)14-4-3-8-28-14/h3-4,8-11,23H,2,5-7,12H2,1H3,(H2,22,24,25). The van der Waals surface area contributed by atoms with Crippen molar-refractivity contribution in [3.63, 3.8) is 0 Å². The molecule has 0 saturated heterocycles. The van der Waals surface area contributed by atoms with Gasteiger partial charge in [-0.1, -0.05) is 18.7 Å². The van der Waals surface area contributed by atoms with E-state index in [0.717, 1.165) is 40.9 Å². The average Bonchev–Trinajstić information content (AvgIpc) is 3.51. The number of fused-ring (bicyclic) bond motifs is 2. The molecular formula is C21H22N6O3S. The van der Waals surface area contributed by atoms with E-state index in [-0.39, 0.29) is 6.79 Å². The summed E-state index contributed by atoms with van der Waals surface area (Å²) in [4.78, 5) is 14.2. The number of imidazole rings is 1. The lowest BCUT2D eigenvalue weighted by Gasteiger charge is -2.11. The molecule has 1 aromatic carbocycles. The van der Waals surface area contributed by atoms with Crippen molar-refractivity contribution in [1.29, 1.82) is 0 Å². The van der Waals surface area contributed by atoms with Crippen molar-refractivity contribution in [2.24, 2.45) is 0 Å². The van der Waals surface area contributed by atoms with E-state index in [1.54, 1.807) is 6.26 Å². The summed E-state index contributed by atoms with van der Waals surface area (Å²) >= 11 is 1.51. The summed E-state index contributed by atoms with van der Waals surface area (Å²) in [7, 11) is 0. The molecule has 3 aromatic heterocycles. The summed E-state index contributed by atoms with van der Waals surface area (Å²) < 4.78 is 18.9. The summed E-state index contributed by atoms with van der Waals surface area (Å²) in [6.45, 7) is 4.80. The number of ether oxygens (including phenoxy) is 2. The molecule has 31 heavy (non-hydrogen) atoms. The molecule has 160 valence electrons. The van der Waals surface area contributed by atoms with Gasteiger partial charge >= 0.3 is 0 Å². The van der Waals surface area contributed by atoms with Crippen molar-refractivity contribution in [2.75, 3.05) is 25.6 Å².